The van der Waals surface area contributed by atoms with E-state index in [0.717, 1.165) is 15.3 Å². The lowest BCUT2D eigenvalue weighted by molar-refractivity contribution is -0.136. The van der Waals surface area contributed by atoms with E-state index in [-0.39, 0.29) is 12.5 Å². The van der Waals surface area contributed by atoms with Gasteiger partial charge in [0.2, 0.25) is 0 Å². The molecule has 2 rings (SSSR count). The fourth-order valence-electron chi connectivity index (χ4n) is 1.98. The van der Waals surface area contributed by atoms with E-state index < -0.39 is 5.97 Å². The van der Waals surface area contributed by atoms with Gasteiger partial charge in [-0.15, -0.1) is 11.3 Å². The molecule has 1 unspecified atom stereocenters. The number of aliphatic carboxylic acids is 1. The summed E-state index contributed by atoms with van der Waals surface area (Å²) in [6.45, 7) is 2.76. The Balaban J connectivity index is 1.91. The van der Waals surface area contributed by atoms with Gasteiger partial charge in [-0.2, -0.15) is 5.26 Å². The number of benzene rings is 1. The zero-order valence-electron chi connectivity index (χ0n) is 11.7. The van der Waals surface area contributed by atoms with Crippen LogP contribution in [-0.2, 0) is 17.8 Å². The average Bonchev–Trinajstić information content (AvgIpc) is 2.91. The zero-order chi connectivity index (χ0) is 15.2. The van der Waals surface area contributed by atoms with Crippen molar-refractivity contribution in [3.05, 3.63) is 57.3 Å². The number of nitriles is 1. The molecule has 0 aliphatic carbocycles. The Kier molecular flexibility index (Phi) is 5.09. The molecule has 0 spiro atoms. The fraction of sp³-hybridized carbons (Fsp3) is 0.250. The average molecular weight is 300 g/mol. The predicted molar refractivity (Wildman–Crippen MR) is 82.1 cm³/mol. The number of carboxylic acids is 1. The summed E-state index contributed by atoms with van der Waals surface area (Å²) in [5.41, 5.74) is 1.78. The first kappa shape index (κ1) is 15.2. The maximum absolute atomic E-state index is 10.6. The van der Waals surface area contributed by atoms with Crippen LogP contribution in [0, 0.1) is 11.3 Å². The molecule has 1 aromatic heterocycles. The monoisotopic (exact) mass is 300 g/mol. The normalized spacial score (nSPS) is 11.8. The van der Waals surface area contributed by atoms with Gasteiger partial charge in [-0.1, -0.05) is 12.1 Å². The third-order valence-corrected chi connectivity index (χ3v) is 4.25. The van der Waals surface area contributed by atoms with Crippen LogP contribution >= 0.6 is 11.3 Å². The molecule has 0 fully saturated rings. The minimum Gasteiger partial charge on any atom is -0.481 e. The summed E-state index contributed by atoms with van der Waals surface area (Å²) >= 11 is 1.52. The first-order chi connectivity index (χ1) is 10.1. The highest BCUT2D eigenvalue weighted by atomic mass is 32.1. The number of carboxylic acid groups (broad SMARTS) is 1. The Morgan fingerprint density at radius 2 is 1.95 bits per heavy atom. The van der Waals surface area contributed by atoms with Crippen molar-refractivity contribution in [3.63, 3.8) is 0 Å². The standard InChI is InChI=1S/C16H16N2O2S/c1-11(13-4-2-12(9-17)3-5-13)18-10-15-7-6-14(21-15)8-16(19)20/h2-7,11,18H,8,10H2,1H3,(H,19,20). The molecule has 1 heterocycles. The van der Waals surface area contributed by atoms with E-state index in [9.17, 15) is 4.79 Å². The van der Waals surface area contributed by atoms with Gasteiger partial charge in [0.1, 0.15) is 0 Å². The number of carbonyl (C=O) groups is 1. The molecule has 0 amide bonds. The van der Waals surface area contributed by atoms with E-state index in [1.807, 2.05) is 36.4 Å². The van der Waals surface area contributed by atoms with Gasteiger partial charge in [-0.05, 0) is 36.8 Å². The maximum atomic E-state index is 10.6. The minimum absolute atomic E-state index is 0.0792. The van der Waals surface area contributed by atoms with E-state index in [2.05, 4.69) is 18.3 Å². The summed E-state index contributed by atoms with van der Waals surface area (Å²) < 4.78 is 0. The number of nitrogens with zero attached hydrogens (tertiary/aromatic N) is 1. The van der Waals surface area contributed by atoms with Crippen LogP contribution < -0.4 is 5.32 Å². The summed E-state index contributed by atoms with van der Waals surface area (Å²) in [6.07, 6.45) is 0.0792. The fourth-order valence-corrected chi connectivity index (χ4v) is 2.94. The topological polar surface area (TPSA) is 73.1 Å². The van der Waals surface area contributed by atoms with Crippen LogP contribution in [-0.4, -0.2) is 11.1 Å². The highest BCUT2D eigenvalue weighted by molar-refractivity contribution is 7.12. The molecule has 2 N–H and O–H groups in total. The first-order valence-electron chi connectivity index (χ1n) is 6.61. The van der Waals surface area contributed by atoms with Crippen molar-refractivity contribution < 1.29 is 9.90 Å². The minimum atomic E-state index is -0.803. The van der Waals surface area contributed by atoms with Crippen LogP contribution in [0.4, 0.5) is 0 Å². The van der Waals surface area contributed by atoms with Crippen LogP contribution in [0.3, 0.4) is 0 Å². The first-order valence-corrected chi connectivity index (χ1v) is 7.43. The molecule has 0 radical (unpaired) electrons. The SMILES string of the molecule is CC(NCc1ccc(CC(=O)O)s1)c1ccc(C#N)cc1. The van der Waals surface area contributed by atoms with Gasteiger partial charge in [-0.25, -0.2) is 0 Å². The molecule has 5 heteroatoms. The molecule has 108 valence electrons. The lowest BCUT2D eigenvalue weighted by Crippen LogP contribution is -2.17. The Bertz CT molecular complexity index is 656. The quantitative estimate of drug-likeness (QED) is 0.859. The largest absolute Gasteiger partial charge is 0.481 e. The molecule has 1 aromatic carbocycles. The Labute approximate surface area is 127 Å². The van der Waals surface area contributed by atoms with E-state index in [1.165, 1.54) is 11.3 Å². The van der Waals surface area contributed by atoms with E-state index in [4.69, 9.17) is 10.4 Å². The van der Waals surface area contributed by atoms with Crippen LogP contribution in [0.15, 0.2) is 36.4 Å². The van der Waals surface area contributed by atoms with Crippen molar-refractivity contribution in [1.29, 1.82) is 5.26 Å². The summed E-state index contributed by atoms with van der Waals surface area (Å²) in [7, 11) is 0. The van der Waals surface area contributed by atoms with Crippen molar-refractivity contribution in [3.8, 4) is 6.07 Å². The summed E-state index contributed by atoms with van der Waals surface area (Å²) in [5.74, 6) is -0.803. The Morgan fingerprint density at radius 1 is 1.29 bits per heavy atom. The molecule has 21 heavy (non-hydrogen) atoms. The number of nitrogens with one attached hydrogen (secondary N) is 1. The second-order valence-electron chi connectivity index (χ2n) is 4.77. The molecule has 0 aliphatic heterocycles. The maximum Gasteiger partial charge on any atom is 0.308 e. The van der Waals surface area contributed by atoms with Crippen molar-refractivity contribution >= 4 is 17.3 Å². The number of rotatable bonds is 6. The molecular formula is C16H16N2O2S. The molecule has 0 saturated heterocycles. The van der Waals surface area contributed by atoms with E-state index >= 15 is 0 Å². The number of hydrogen-bond acceptors (Lipinski definition) is 4. The number of thiophene rings is 1. The van der Waals surface area contributed by atoms with Crippen molar-refractivity contribution in [1.82, 2.24) is 5.32 Å². The highest BCUT2D eigenvalue weighted by Crippen LogP contribution is 2.19. The van der Waals surface area contributed by atoms with Gasteiger partial charge in [0.25, 0.3) is 0 Å². The predicted octanol–water partition coefficient (Wildman–Crippen LogP) is 3.10. The lowest BCUT2D eigenvalue weighted by atomic mass is 10.1. The van der Waals surface area contributed by atoms with Crippen molar-refractivity contribution in [2.45, 2.75) is 25.9 Å². The van der Waals surface area contributed by atoms with Crippen molar-refractivity contribution in [2.24, 2.45) is 0 Å². The molecule has 0 saturated carbocycles. The van der Waals surface area contributed by atoms with Gasteiger partial charge in [-0.3, -0.25) is 4.79 Å². The van der Waals surface area contributed by atoms with Crippen LogP contribution in [0.25, 0.3) is 0 Å². The summed E-state index contributed by atoms with van der Waals surface area (Å²) in [4.78, 5) is 12.6. The van der Waals surface area contributed by atoms with Gasteiger partial charge < -0.3 is 10.4 Å². The number of hydrogen-bond donors (Lipinski definition) is 2. The third-order valence-electron chi connectivity index (χ3n) is 3.17. The zero-order valence-corrected chi connectivity index (χ0v) is 12.5. The van der Waals surface area contributed by atoms with E-state index in [1.54, 1.807) is 0 Å². The lowest BCUT2D eigenvalue weighted by Gasteiger charge is -2.13. The summed E-state index contributed by atoms with van der Waals surface area (Å²) in [5, 5.41) is 20.9. The van der Waals surface area contributed by atoms with Crippen LogP contribution in [0.2, 0.25) is 0 Å². The second kappa shape index (κ2) is 7.02. The van der Waals surface area contributed by atoms with Gasteiger partial charge in [0.15, 0.2) is 0 Å². The molecule has 1 atom stereocenters. The van der Waals surface area contributed by atoms with Gasteiger partial charge >= 0.3 is 5.97 Å². The van der Waals surface area contributed by atoms with Gasteiger partial charge in [0.05, 0.1) is 18.1 Å². The Hall–Kier alpha value is -2.16. The van der Waals surface area contributed by atoms with Crippen molar-refractivity contribution in [2.75, 3.05) is 0 Å². The summed E-state index contributed by atoms with van der Waals surface area (Å²) in [6, 6.07) is 13.6. The van der Waals surface area contributed by atoms with Crippen LogP contribution in [0.5, 0.6) is 0 Å². The molecular weight excluding hydrogens is 284 g/mol. The van der Waals surface area contributed by atoms with Gasteiger partial charge in [0, 0.05) is 22.3 Å². The smallest absolute Gasteiger partial charge is 0.308 e. The second-order valence-corrected chi connectivity index (χ2v) is 6.03. The third kappa shape index (κ3) is 4.42. The molecule has 4 nitrogen and oxygen atoms in total. The molecule has 0 bridgehead atoms. The molecule has 2 aromatic rings. The highest BCUT2D eigenvalue weighted by Gasteiger charge is 2.08. The molecule has 0 aliphatic rings. The van der Waals surface area contributed by atoms with E-state index in [0.29, 0.717) is 12.1 Å². The Morgan fingerprint density at radius 3 is 2.57 bits per heavy atom. The van der Waals surface area contributed by atoms with Crippen LogP contribution in [0.1, 0.15) is 33.8 Å².